The second-order valence-electron chi connectivity index (χ2n) is 8.61. The Kier molecular flexibility index (Phi) is 6.33. The lowest BCUT2D eigenvalue weighted by atomic mass is 9.81. The number of methoxy groups -OCH3 is 1. The standard InChI is InChI=1S/C25H22F3N5O2S/c1-14-20(28)22(35-2)31-23(29-14)33-11-16-12-36-24(30-21(34)15-6-4-3-5-7-15)32-25(16,13-33)18-10-17(26)8-9-19(18)27/h3-10,16H,11-13H2,1-2H3,(H,30,32,34)/t16-,25-/m0/s1. The van der Waals surface area contributed by atoms with Crippen LogP contribution in [-0.4, -0.2) is 47.0 Å². The first-order valence-corrected chi connectivity index (χ1v) is 12.2. The van der Waals surface area contributed by atoms with Gasteiger partial charge in [-0.1, -0.05) is 30.0 Å². The summed E-state index contributed by atoms with van der Waals surface area (Å²) in [4.78, 5) is 27.8. The average molecular weight is 514 g/mol. The number of rotatable bonds is 4. The zero-order valence-electron chi connectivity index (χ0n) is 19.5. The number of halogens is 3. The number of hydrogen-bond donors (Lipinski definition) is 1. The third-order valence-corrected chi connectivity index (χ3v) is 7.41. The number of ether oxygens (including phenoxy) is 1. The number of amides is 1. The van der Waals surface area contributed by atoms with Crippen molar-refractivity contribution in [3.63, 3.8) is 0 Å². The van der Waals surface area contributed by atoms with Crippen molar-refractivity contribution in [2.45, 2.75) is 12.5 Å². The Hall–Kier alpha value is -3.60. The number of amidine groups is 1. The van der Waals surface area contributed by atoms with Gasteiger partial charge in [-0.15, -0.1) is 0 Å². The highest BCUT2D eigenvalue weighted by Gasteiger charge is 2.52. The van der Waals surface area contributed by atoms with Gasteiger partial charge in [0.2, 0.25) is 11.8 Å². The van der Waals surface area contributed by atoms with E-state index in [1.807, 2.05) is 0 Å². The number of thioether (sulfide) groups is 1. The van der Waals surface area contributed by atoms with Crippen LogP contribution in [0.2, 0.25) is 0 Å². The summed E-state index contributed by atoms with van der Waals surface area (Å²) in [6.45, 7) is 1.96. The van der Waals surface area contributed by atoms with E-state index in [2.05, 4.69) is 15.3 Å². The molecule has 7 nitrogen and oxygen atoms in total. The van der Waals surface area contributed by atoms with Gasteiger partial charge in [0.15, 0.2) is 5.17 Å². The predicted molar refractivity (Wildman–Crippen MR) is 131 cm³/mol. The summed E-state index contributed by atoms with van der Waals surface area (Å²) in [7, 11) is 1.31. The molecule has 0 radical (unpaired) electrons. The Balaban J connectivity index is 1.56. The quantitative estimate of drug-likeness (QED) is 0.567. The van der Waals surface area contributed by atoms with E-state index in [9.17, 15) is 13.6 Å². The fourth-order valence-electron chi connectivity index (χ4n) is 4.58. The van der Waals surface area contributed by atoms with Gasteiger partial charge in [-0.25, -0.2) is 18.8 Å². The van der Waals surface area contributed by atoms with Gasteiger partial charge in [0.1, 0.15) is 17.2 Å². The number of aliphatic imine (C=N–C) groups is 1. The van der Waals surface area contributed by atoms with Crippen molar-refractivity contribution < 1.29 is 22.7 Å². The second kappa shape index (κ2) is 9.45. The molecule has 3 aromatic rings. The van der Waals surface area contributed by atoms with Crippen molar-refractivity contribution in [1.82, 2.24) is 15.3 Å². The van der Waals surface area contributed by atoms with Crippen molar-refractivity contribution in [1.29, 1.82) is 0 Å². The molecule has 1 fully saturated rings. The Labute approximate surface area is 209 Å². The van der Waals surface area contributed by atoms with Crippen LogP contribution in [0, 0.1) is 30.3 Å². The SMILES string of the molecule is COc1nc(N2C[C@H]3CSC(NC(=O)c4ccccc4)=N[C@@]3(c3cc(F)ccc3F)C2)nc(C)c1F. The molecule has 0 aliphatic carbocycles. The van der Waals surface area contributed by atoms with Crippen LogP contribution in [0.3, 0.4) is 0 Å². The van der Waals surface area contributed by atoms with Gasteiger partial charge in [-0.2, -0.15) is 9.37 Å². The molecule has 186 valence electrons. The van der Waals surface area contributed by atoms with Crippen LogP contribution in [0.25, 0.3) is 0 Å². The molecule has 0 spiro atoms. The first kappa shape index (κ1) is 24.1. The third-order valence-electron chi connectivity index (χ3n) is 6.37. The van der Waals surface area contributed by atoms with Gasteiger partial charge in [-0.3, -0.25) is 4.79 Å². The van der Waals surface area contributed by atoms with Crippen molar-refractivity contribution in [2.24, 2.45) is 10.9 Å². The molecule has 1 N–H and O–H groups in total. The van der Waals surface area contributed by atoms with Crippen LogP contribution >= 0.6 is 11.8 Å². The summed E-state index contributed by atoms with van der Waals surface area (Å²) >= 11 is 1.33. The van der Waals surface area contributed by atoms with E-state index in [1.54, 1.807) is 35.2 Å². The highest BCUT2D eigenvalue weighted by molar-refractivity contribution is 8.13. The molecule has 11 heteroatoms. The number of aromatic nitrogens is 2. The van der Waals surface area contributed by atoms with Gasteiger partial charge in [-0.05, 0) is 37.3 Å². The largest absolute Gasteiger partial charge is 0.479 e. The molecule has 0 unspecified atom stereocenters. The number of carbonyl (C=O) groups excluding carboxylic acids is 1. The molecule has 2 aliphatic heterocycles. The first-order valence-electron chi connectivity index (χ1n) is 11.2. The number of hydrogen-bond acceptors (Lipinski definition) is 7. The summed E-state index contributed by atoms with van der Waals surface area (Å²) in [5.41, 5.74) is -0.599. The van der Waals surface area contributed by atoms with E-state index in [4.69, 9.17) is 9.73 Å². The molecule has 5 rings (SSSR count). The monoisotopic (exact) mass is 513 g/mol. The number of fused-ring (bicyclic) bond motifs is 1. The minimum atomic E-state index is -1.23. The molecule has 2 atom stereocenters. The summed E-state index contributed by atoms with van der Waals surface area (Å²) in [6.07, 6.45) is 0. The van der Waals surface area contributed by atoms with Crippen molar-refractivity contribution in [3.8, 4) is 5.88 Å². The van der Waals surface area contributed by atoms with Crippen LogP contribution < -0.4 is 15.0 Å². The topological polar surface area (TPSA) is 79.7 Å². The van der Waals surface area contributed by atoms with Crippen LogP contribution in [0.1, 0.15) is 21.6 Å². The van der Waals surface area contributed by atoms with E-state index in [1.165, 1.54) is 25.8 Å². The van der Waals surface area contributed by atoms with E-state index in [0.717, 1.165) is 18.2 Å². The van der Waals surface area contributed by atoms with Gasteiger partial charge in [0.25, 0.3) is 11.8 Å². The Morgan fingerprint density at radius 1 is 1.17 bits per heavy atom. The maximum absolute atomic E-state index is 15.2. The maximum Gasteiger partial charge on any atom is 0.257 e. The number of nitrogens with zero attached hydrogens (tertiary/aromatic N) is 4. The predicted octanol–water partition coefficient (Wildman–Crippen LogP) is 4.08. The first-order chi connectivity index (χ1) is 17.3. The summed E-state index contributed by atoms with van der Waals surface area (Å²) in [5.74, 6) is -2.03. The van der Waals surface area contributed by atoms with Crippen LogP contribution in [0.15, 0.2) is 53.5 Å². The summed E-state index contributed by atoms with van der Waals surface area (Å²) in [6, 6.07) is 11.9. The minimum absolute atomic E-state index is 0.0764. The third kappa shape index (κ3) is 4.27. The molecule has 0 bridgehead atoms. The van der Waals surface area contributed by atoms with Gasteiger partial charge >= 0.3 is 0 Å². The lowest BCUT2D eigenvalue weighted by Crippen LogP contribution is -2.43. The van der Waals surface area contributed by atoms with E-state index in [0.29, 0.717) is 23.0 Å². The van der Waals surface area contributed by atoms with Crippen molar-refractivity contribution in [2.75, 3.05) is 30.9 Å². The van der Waals surface area contributed by atoms with E-state index < -0.39 is 23.0 Å². The molecule has 0 saturated carbocycles. The molecule has 36 heavy (non-hydrogen) atoms. The normalized spacial score (nSPS) is 21.1. The van der Waals surface area contributed by atoms with Crippen LogP contribution in [0.4, 0.5) is 19.1 Å². The molecule has 1 saturated heterocycles. The summed E-state index contributed by atoms with van der Waals surface area (Å²) in [5, 5.41) is 3.11. The molecule has 1 aromatic heterocycles. The summed E-state index contributed by atoms with van der Waals surface area (Å²) < 4.78 is 48.8. The van der Waals surface area contributed by atoms with Crippen LogP contribution in [-0.2, 0) is 5.54 Å². The Morgan fingerprint density at radius 3 is 2.69 bits per heavy atom. The second-order valence-corrected chi connectivity index (χ2v) is 9.61. The smallest absolute Gasteiger partial charge is 0.257 e. The minimum Gasteiger partial charge on any atom is -0.479 e. The lowest BCUT2D eigenvalue weighted by Gasteiger charge is -2.35. The zero-order valence-corrected chi connectivity index (χ0v) is 20.3. The number of anilines is 1. The number of benzene rings is 2. The average Bonchev–Trinajstić information content (AvgIpc) is 3.27. The molecule has 2 aliphatic rings. The number of carbonyl (C=O) groups is 1. The van der Waals surface area contributed by atoms with Crippen molar-refractivity contribution >= 4 is 28.8 Å². The van der Waals surface area contributed by atoms with Crippen LogP contribution in [0.5, 0.6) is 5.88 Å². The lowest BCUT2D eigenvalue weighted by molar-refractivity contribution is 0.0977. The van der Waals surface area contributed by atoms with Gasteiger partial charge in [0, 0.05) is 29.3 Å². The Morgan fingerprint density at radius 2 is 1.94 bits per heavy atom. The van der Waals surface area contributed by atoms with E-state index >= 15 is 4.39 Å². The number of aryl methyl sites for hydroxylation is 1. The molecular formula is C25H22F3N5O2S. The zero-order chi connectivity index (χ0) is 25.4. The molecule has 1 amide bonds. The van der Waals surface area contributed by atoms with Gasteiger partial charge in [0.05, 0.1) is 19.3 Å². The highest BCUT2D eigenvalue weighted by Crippen LogP contribution is 2.47. The highest BCUT2D eigenvalue weighted by atomic mass is 32.2. The fraction of sp³-hybridized carbons (Fsp3) is 0.280. The molecular weight excluding hydrogens is 491 g/mol. The van der Waals surface area contributed by atoms with Gasteiger partial charge < -0.3 is 15.0 Å². The maximum atomic E-state index is 15.2. The number of nitrogens with one attached hydrogen (secondary N) is 1. The Bertz CT molecular complexity index is 1360. The molecule has 2 aromatic carbocycles. The fourth-order valence-corrected chi connectivity index (χ4v) is 5.71. The van der Waals surface area contributed by atoms with E-state index in [-0.39, 0.29) is 41.5 Å². The molecule has 3 heterocycles. The van der Waals surface area contributed by atoms with Crippen molar-refractivity contribution in [3.05, 3.63) is 82.8 Å².